The van der Waals surface area contributed by atoms with Crippen LogP contribution in [0.2, 0.25) is 0 Å². The average Bonchev–Trinajstić information content (AvgIpc) is 2.84. The molecule has 94 valence electrons. The van der Waals surface area contributed by atoms with Gasteiger partial charge in [0, 0.05) is 12.1 Å². The number of rotatable bonds is 4. The molecular formula is C15H24N2. The zero-order chi connectivity index (χ0) is 12.3. The first-order chi connectivity index (χ1) is 8.22. The Bertz CT molecular complexity index is 336. The molecule has 1 aromatic rings. The smallest absolute Gasteiger partial charge is 0.0345 e. The van der Waals surface area contributed by atoms with Gasteiger partial charge in [0.2, 0.25) is 0 Å². The first kappa shape index (κ1) is 12.6. The fraction of sp³-hybridized carbons (Fsp3) is 0.600. The summed E-state index contributed by atoms with van der Waals surface area (Å²) in [5.41, 5.74) is 8.55. The third-order valence-electron chi connectivity index (χ3n) is 3.82. The molecule has 0 spiro atoms. The van der Waals surface area contributed by atoms with Gasteiger partial charge in [0.05, 0.1) is 0 Å². The van der Waals surface area contributed by atoms with E-state index >= 15 is 0 Å². The largest absolute Gasteiger partial charge is 0.324 e. The lowest BCUT2D eigenvalue weighted by atomic mass is 10.00. The minimum atomic E-state index is 0.135. The molecule has 1 aliphatic rings. The van der Waals surface area contributed by atoms with Crippen LogP contribution < -0.4 is 5.73 Å². The van der Waals surface area contributed by atoms with Crippen molar-refractivity contribution in [1.29, 1.82) is 0 Å². The number of hydrogen-bond donors (Lipinski definition) is 1. The molecule has 0 saturated carbocycles. The Balaban J connectivity index is 2.13. The van der Waals surface area contributed by atoms with Crippen molar-refractivity contribution in [2.24, 2.45) is 5.73 Å². The van der Waals surface area contributed by atoms with Crippen molar-refractivity contribution in [3.05, 3.63) is 35.4 Å². The lowest BCUT2D eigenvalue weighted by Gasteiger charge is -2.27. The van der Waals surface area contributed by atoms with Gasteiger partial charge in [-0.25, -0.2) is 0 Å². The third kappa shape index (κ3) is 2.88. The predicted molar refractivity (Wildman–Crippen MR) is 72.9 cm³/mol. The molecule has 0 radical (unpaired) electrons. The van der Waals surface area contributed by atoms with Crippen LogP contribution in [0.5, 0.6) is 0 Å². The van der Waals surface area contributed by atoms with Gasteiger partial charge in [-0.15, -0.1) is 0 Å². The fourth-order valence-electron chi connectivity index (χ4n) is 2.78. The van der Waals surface area contributed by atoms with Crippen LogP contribution in [-0.4, -0.2) is 18.0 Å². The zero-order valence-electron chi connectivity index (χ0n) is 11.0. The summed E-state index contributed by atoms with van der Waals surface area (Å²) in [5.74, 6) is 0. The van der Waals surface area contributed by atoms with Gasteiger partial charge in [0.25, 0.3) is 0 Å². The van der Waals surface area contributed by atoms with Crippen LogP contribution in [0.15, 0.2) is 24.3 Å². The lowest BCUT2D eigenvalue weighted by Crippen LogP contribution is -2.25. The van der Waals surface area contributed by atoms with E-state index in [1.807, 2.05) is 6.92 Å². The van der Waals surface area contributed by atoms with Crippen LogP contribution in [0.3, 0.4) is 0 Å². The molecule has 1 aromatic carbocycles. The Labute approximate surface area is 105 Å². The number of likely N-dealkylation sites (tertiary alicyclic amines) is 1. The van der Waals surface area contributed by atoms with Gasteiger partial charge in [-0.2, -0.15) is 0 Å². The normalized spacial score (nSPS) is 20.4. The molecule has 1 heterocycles. The highest BCUT2D eigenvalue weighted by Crippen LogP contribution is 2.28. The van der Waals surface area contributed by atoms with Gasteiger partial charge < -0.3 is 5.73 Å². The van der Waals surface area contributed by atoms with E-state index in [9.17, 15) is 0 Å². The first-order valence-corrected chi connectivity index (χ1v) is 6.82. The number of hydrogen-bond acceptors (Lipinski definition) is 2. The summed E-state index contributed by atoms with van der Waals surface area (Å²) in [5, 5.41) is 0. The summed E-state index contributed by atoms with van der Waals surface area (Å²) in [4.78, 5) is 2.61. The molecular weight excluding hydrogens is 208 g/mol. The summed E-state index contributed by atoms with van der Waals surface area (Å²) < 4.78 is 0. The zero-order valence-corrected chi connectivity index (χ0v) is 11.0. The van der Waals surface area contributed by atoms with E-state index in [0.29, 0.717) is 6.04 Å². The van der Waals surface area contributed by atoms with Gasteiger partial charge >= 0.3 is 0 Å². The Kier molecular flexibility index (Phi) is 4.19. The van der Waals surface area contributed by atoms with Gasteiger partial charge in [0.1, 0.15) is 0 Å². The molecule has 2 N–H and O–H groups in total. The second-order valence-corrected chi connectivity index (χ2v) is 5.12. The highest BCUT2D eigenvalue weighted by Gasteiger charge is 2.21. The number of nitrogens with two attached hydrogens (primary N) is 1. The predicted octanol–water partition coefficient (Wildman–Crippen LogP) is 3.25. The molecule has 2 atom stereocenters. The maximum atomic E-state index is 5.88. The van der Waals surface area contributed by atoms with Crippen LogP contribution in [0, 0.1) is 0 Å². The maximum absolute atomic E-state index is 5.88. The van der Waals surface area contributed by atoms with Crippen molar-refractivity contribution >= 4 is 0 Å². The Hall–Kier alpha value is -0.860. The maximum Gasteiger partial charge on any atom is 0.0345 e. The summed E-state index contributed by atoms with van der Waals surface area (Å²) in [7, 11) is 0. The quantitative estimate of drug-likeness (QED) is 0.863. The minimum absolute atomic E-state index is 0.135. The summed E-state index contributed by atoms with van der Waals surface area (Å²) in [6.45, 7) is 6.83. The molecule has 2 nitrogen and oxygen atoms in total. The van der Waals surface area contributed by atoms with Gasteiger partial charge in [-0.1, -0.05) is 31.2 Å². The first-order valence-electron chi connectivity index (χ1n) is 6.82. The van der Waals surface area contributed by atoms with E-state index in [1.165, 1.54) is 43.5 Å². The van der Waals surface area contributed by atoms with Crippen molar-refractivity contribution in [1.82, 2.24) is 4.90 Å². The van der Waals surface area contributed by atoms with Crippen molar-refractivity contribution in [3.63, 3.8) is 0 Å². The third-order valence-corrected chi connectivity index (χ3v) is 3.82. The van der Waals surface area contributed by atoms with Crippen LogP contribution in [-0.2, 0) is 0 Å². The van der Waals surface area contributed by atoms with Crippen LogP contribution in [0.1, 0.15) is 56.3 Å². The lowest BCUT2D eigenvalue weighted by molar-refractivity contribution is 0.239. The SMILES string of the molecule is CC[C@@H](c1ccc([C@H](C)N)cc1)N1CCCC1. The Morgan fingerprint density at radius 3 is 2.12 bits per heavy atom. The second kappa shape index (κ2) is 5.65. The number of benzene rings is 1. The molecule has 0 bridgehead atoms. The second-order valence-electron chi connectivity index (χ2n) is 5.12. The van der Waals surface area contributed by atoms with Gasteiger partial charge in [-0.3, -0.25) is 4.90 Å². The van der Waals surface area contributed by atoms with Crippen molar-refractivity contribution in [3.8, 4) is 0 Å². The minimum Gasteiger partial charge on any atom is -0.324 e. The van der Waals surface area contributed by atoms with Crippen LogP contribution >= 0.6 is 0 Å². The van der Waals surface area contributed by atoms with Crippen LogP contribution in [0.4, 0.5) is 0 Å². The molecule has 17 heavy (non-hydrogen) atoms. The highest BCUT2D eigenvalue weighted by atomic mass is 15.2. The average molecular weight is 232 g/mol. The summed E-state index contributed by atoms with van der Waals surface area (Å²) in [6, 6.07) is 9.60. The monoisotopic (exact) mass is 232 g/mol. The Morgan fingerprint density at radius 1 is 1.12 bits per heavy atom. The van der Waals surface area contributed by atoms with Gasteiger partial charge in [-0.05, 0) is 50.4 Å². The molecule has 2 rings (SSSR count). The van der Waals surface area contributed by atoms with Crippen LogP contribution in [0.25, 0.3) is 0 Å². The van der Waals surface area contributed by atoms with Crippen molar-refractivity contribution < 1.29 is 0 Å². The molecule has 1 saturated heterocycles. The Morgan fingerprint density at radius 2 is 1.65 bits per heavy atom. The molecule has 1 aliphatic heterocycles. The standard InChI is InChI=1S/C15H24N2/c1-3-15(17-10-4-5-11-17)14-8-6-13(7-9-14)12(2)16/h6-9,12,15H,3-5,10-11,16H2,1-2H3/t12-,15-/m0/s1. The van der Waals surface area contributed by atoms with E-state index in [0.717, 1.165) is 0 Å². The van der Waals surface area contributed by atoms with E-state index in [1.54, 1.807) is 0 Å². The molecule has 0 aromatic heterocycles. The van der Waals surface area contributed by atoms with Crippen molar-refractivity contribution in [2.75, 3.05) is 13.1 Å². The molecule has 0 aliphatic carbocycles. The summed E-state index contributed by atoms with van der Waals surface area (Å²) >= 11 is 0. The molecule has 1 fully saturated rings. The van der Waals surface area contributed by atoms with E-state index in [-0.39, 0.29) is 6.04 Å². The fourth-order valence-corrected chi connectivity index (χ4v) is 2.78. The van der Waals surface area contributed by atoms with E-state index < -0.39 is 0 Å². The topological polar surface area (TPSA) is 29.3 Å². The van der Waals surface area contributed by atoms with E-state index in [4.69, 9.17) is 5.73 Å². The molecule has 0 unspecified atom stereocenters. The van der Waals surface area contributed by atoms with E-state index in [2.05, 4.69) is 36.1 Å². The molecule has 0 amide bonds. The summed E-state index contributed by atoms with van der Waals surface area (Å²) in [6.07, 6.45) is 3.90. The van der Waals surface area contributed by atoms with Crippen molar-refractivity contribution in [2.45, 2.75) is 45.2 Å². The van der Waals surface area contributed by atoms with Gasteiger partial charge in [0.15, 0.2) is 0 Å². The molecule has 2 heteroatoms. The number of nitrogens with zero attached hydrogens (tertiary/aromatic N) is 1. The highest BCUT2D eigenvalue weighted by molar-refractivity contribution is 5.26.